The molecule has 0 rings (SSSR count). The summed E-state index contributed by atoms with van der Waals surface area (Å²) in [5.41, 5.74) is 4.65. The molecule has 0 aromatic heterocycles. The molecule has 0 heterocycles. The van der Waals surface area contributed by atoms with Crippen LogP contribution in [0.1, 0.15) is 0 Å². The van der Waals surface area contributed by atoms with Crippen molar-refractivity contribution in [2.24, 2.45) is 5.73 Å². The van der Waals surface area contributed by atoms with E-state index >= 15 is 0 Å². The Kier molecular flexibility index (Phi) is 5.45. The quantitative estimate of drug-likeness (QED) is 0.275. The Hall–Kier alpha value is -1.51. The van der Waals surface area contributed by atoms with Gasteiger partial charge in [-0.2, -0.15) is 0 Å². The zero-order valence-electron chi connectivity index (χ0n) is 7.61. The van der Waals surface area contributed by atoms with Crippen molar-refractivity contribution >= 4 is 18.6 Å². The van der Waals surface area contributed by atoms with Gasteiger partial charge in [0.2, 0.25) is 12.3 Å². The van der Waals surface area contributed by atoms with E-state index in [9.17, 15) is 19.5 Å². The van der Waals surface area contributed by atoms with Crippen molar-refractivity contribution in [3.8, 4) is 0 Å². The predicted octanol–water partition coefficient (Wildman–Crippen LogP) is -4.13. The summed E-state index contributed by atoms with van der Waals surface area (Å²) in [5.74, 6) is -1.25. The van der Waals surface area contributed by atoms with Crippen molar-refractivity contribution in [2.75, 3.05) is 0 Å². The summed E-state index contributed by atoms with van der Waals surface area (Å²) in [7, 11) is 0. The number of hydrogen-bond acceptors (Lipinski definition) is 6. The van der Waals surface area contributed by atoms with Gasteiger partial charge in [-0.1, -0.05) is 0 Å². The fourth-order valence-corrected chi connectivity index (χ4v) is 0.864. The first-order chi connectivity index (χ1) is 6.95. The second-order valence-corrected chi connectivity index (χ2v) is 2.77. The standard InChI is InChI=1S/C7H12N2O6/c8-7(15)6(14)5(13)4(12)3(1-10)9-2-11/h1-6,12-14H,(H2,8,15)(H,9,11)/t3-,4+,5+,6-/m0/s1. The lowest BCUT2D eigenvalue weighted by atomic mass is 10.0. The average Bonchev–Trinajstić information content (AvgIpc) is 2.22. The van der Waals surface area contributed by atoms with E-state index in [-0.39, 0.29) is 12.7 Å². The first kappa shape index (κ1) is 13.5. The number of carbonyl (C=O) groups is 3. The highest BCUT2D eigenvalue weighted by atomic mass is 16.4. The van der Waals surface area contributed by atoms with Crippen molar-refractivity contribution in [1.29, 1.82) is 0 Å². The third-order valence-corrected chi connectivity index (χ3v) is 1.74. The predicted molar refractivity (Wildman–Crippen MR) is 46.3 cm³/mol. The van der Waals surface area contributed by atoms with Gasteiger partial charge in [0.05, 0.1) is 0 Å². The maximum Gasteiger partial charge on any atom is 0.249 e. The molecule has 6 N–H and O–H groups in total. The average molecular weight is 220 g/mol. The Bertz CT molecular complexity index is 246. The number of primary amides is 1. The summed E-state index contributed by atoms with van der Waals surface area (Å²) < 4.78 is 0. The zero-order valence-corrected chi connectivity index (χ0v) is 7.61. The van der Waals surface area contributed by atoms with Crippen LogP contribution in [-0.2, 0) is 14.4 Å². The third-order valence-electron chi connectivity index (χ3n) is 1.74. The van der Waals surface area contributed by atoms with Crippen LogP contribution in [0.15, 0.2) is 0 Å². The molecule has 0 aliphatic rings. The molecule has 4 atom stereocenters. The molecular formula is C7H12N2O6. The fourth-order valence-electron chi connectivity index (χ4n) is 0.864. The van der Waals surface area contributed by atoms with Crippen molar-refractivity contribution in [3.05, 3.63) is 0 Å². The number of amides is 2. The molecule has 0 unspecified atom stereocenters. The van der Waals surface area contributed by atoms with Crippen LogP contribution >= 0.6 is 0 Å². The number of aldehydes is 1. The second-order valence-electron chi connectivity index (χ2n) is 2.77. The van der Waals surface area contributed by atoms with E-state index in [2.05, 4.69) is 5.73 Å². The Labute approximate surface area is 84.7 Å². The molecule has 8 nitrogen and oxygen atoms in total. The first-order valence-electron chi connectivity index (χ1n) is 3.94. The monoisotopic (exact) mass is 220 g/mol. The van der Waals surface area contributed by atoms with Gasteiger partial charge >= 0.3 is 0 Å². The van der Waals surface area contributed by atoms with Crippen LogP contribution < -0.4 is 11.1 Å². The lowest BCUT2D eigenvalue weighted by Gasteiger charge is -2.24. The molecule has 15 heavy (non-hydrogen) atoms. The van der Waals surface area contributed by atoms with E-state index in [1.54, 1.807) is 0 Å². The maximum atomic E-state index is 10.4. The van der Waals surface area contributed by atoms with Crippen LogP contribution in [0.5, 0.6) is 0 Å². The number of rotatable bonds is 7. The van der Waals surface area contributed by atoms with Gasteiger partial charge in [0.25, 0.3) is 0 Å². The number of hydrogen-bond donors (Lipinski definition) is 5. The van der Waals surface area contributed by atoms with E-state index in [1.165, 1.54) is 0 Å². The summed E-state index contributed by atoms with van der Waals surface area (Å²) >= 11 is 0. The molecule has 0 spiro atoms. The highest BCUT2D eigenvalue weighted by molar-refractivity contribution is 5.79. The van der Waals surface area contributed by atoms with E-state index in [0.717, 1.165) is 0 Å². The molecule has 8 heteroatoms. The van der Waals surface area contributed by atoms with E-state index in [4.69, 9.17) is 10.2 Å². The number of nitrogens with one attached hydrogen (secondary N) is 1. The molecule has 0 radical (unpaired) electrons. The number of carbonyl (C=O) groups excluding carboxylic acids is 3. The van der Waals surface area contributed by atoms with E-state index in [1.807, 2.05) is 5.32 Å². The van der Waals surface area contributed by atoms with Crippen LogP contribution in [-0.4, -0.2) is 58.3 Å². The highest BCUT2D eigenvalue weighted by Crippen LogP contribution is 2.03. The van der Waals surface area contributed by atoms with Gasteiger partial charge in [0.15, 0.2) is 6.10 Å². The summed E-state index contributed by atoms with van der Waals surface area (Å²) in [5, 5.41) is 29.3. The number of aliphatic hydroxyl groups excluding tert-OH is 3. The molecule has 0 bridgehead atoms. The topological polar surface area (TPSA) is 150 Å². The van der Waals surface area contributed by atoms with Crippen LogP contribution in [0.4, 0.5) is 0 Å². The minimum Gasteiger partial charge on any atom is -0.388 e. The zero-order chi connectivity index (χ0) is 12.0. The van der Waals surface area contributed by atoms with Gasteiger partial charge in [-0.05, 0) is 0 Å². The minimum absolute atomic E-state index is 0.131. The first-order valence-corrected chi connectivity index (χ1v) is 3.94. The molecule has 0 aromatic carbocycles. The van der Waals surface area contributed by atoms with Crippen LogP contribution in [0.3, 0.4) is 0 Å². The molecular weight excluding hydrogens is 208 g/mol. The van der Waals surface area contributed by atoms with Crippen molar-refractivity contribution in [1.82, 2.24) is 5.32 Å². The third kappa shape index (κ3) is 3.62. The SMILES string of the molecule is NC(=O)[C@@H](O)[C@H](O)[C@H](O)[C@H](C=O)NC=O. The van der Waals surface area contributed by atoms with Crippen molar-refractivity contribution in [3.63, 3.8) is 0 Å². The lowest BCUT2D eigenvalue weighted by Crippen LogP contribution is -2.53. The Morgan fingerprint density at radius 3 is 2.07 bits per heavy atom. The minimum atomic E-state index is -2.02. The summed E-state index contributed by atoms with van der Waals surface area (Å²) in [6, 6.07) is -1.42. The smallest absolute Gasteiger partial charge is 0.249 e. The normalized spacial score (nSPS) is 18.3. The van der Waals surface area contributed by atoms with Gasteiger partial charge in [0, 0.05) is 0 Å². The van der Waals surface area contributed by atoms with Crippen LogP contribution in [0.25, 0.3) is 0 Å². The molecule has 0 aliphatic carbocycles. The highest BCUT2D eigenvalue weighted by Gasteiger charge is 2.33. The van der Waals surface area contributed by atoms with Gasteiger partial charge in [-0.25, -0.2) is 0 Å². The maximum absolute atomic E-state index is 10.4. The molecule has 0 aliphatic heterocycles. The van der Waals surface area contributed by atoms with Crippen LogP contribution in [0.2, 0.25) is 0 Å². The van der Waals surface area contributed by atoms with Gasteiger partial charge in [-0.3, -0.25) is 9.59 Å². The van der Waals surface area contributed by atoms with Gasteiger partial charge in [0.1, 0.15) is 24.5 Å². The summed E-state index contributed by atoms with van der Waals surface area (Å²) in [6.07, 6.45) is -5.52. The Morgan fingerprint density at radius 2 is 1.73 bits per heavy atom. The summed E-state index contributed by atoms with van der Waals surface area (Å²) in [6.45, 7) is 0. The molecule has 2 amide bonds. The second kappa shape index (κ2) is 6.06. The van der Waals surface area contributed by atoms with Crippen LogP contribution in [0, 0.1) is 0 Å². The number of nitrogens with two attached hydrogens (primary N) is 1. The Morgan fingerprint density at radius 1 is 1.20 bits per heavy atom. The molecule has 0 saturated carbocycles. The molecule has 0 fully saturated rings. The summed E-state index contributed by atoms with van der Waals surface area (Å²) in [4.78, 5) is 30.8. The molecule has 0 aromatic rings. The largest absolute Gasteiger partial charge is 0.388 e. The number of aliphatic hydroxyl groups is 3. The molecule has 86 valence electrons. The van der Waals surface area contributed by atoms with Crippen molar-refractivity contribution < 1.29 is 29.7 Å². The Balaban J connectivity index is 4.51. The van der Waals surface area contributed by atoms with Gasteiger partial charge in [-0.15, -0.1) is 0 Å². The van der Waals surface area contributed by atoms with E-state index < -0.39 is 30.3 Å². The van der Waals surface area contributed by atoms with Gasteiger partial charge < -0.3 is 31.2 Å². The fraction of sp³-hybridized carbons (Fsp3) is 0.571. The molecule has 0 saturated heterocycles. The van der Waals surface area contributed by atoms with E-state index in [0.29, 0.717) is 0 Å². The van der Waals surface area contributed by atoms with Crippen molar-refractivity contribution in [2.45, 2.75) is 24.4 Å². The lowest BCUT2D eigenvalue weighted by molar-refractivity contribution is -0.140.